The van der Waals surface area contributed by atoms with Crippen LogP contribution in [0, 0.1) is 0 Å². The largest absolute Gasteiger partial charge is 0.508 e. The molecule has 114 valence electrons. The van der Waals surface area contributed by atoms with Crippen molar-refractivity contribution in [2.75, 3.05) is 0 Å². The number of H-pyrrole nitrogens is 1. The number of hydrogen-bond acceptors (Lipinski definition) is 5. The monoisotopic (exact) mass is 325 g/mol. The molecule has 4 aromatic rings. The highest BCUT2D eigenvalue weighted by atomic mass is 32.1. The van der Waals surface area contributed by atoms with Crippen LogP contribution >= 0.6 is 11.3 Å². The van der Waals surface area contributed by atoms with E-state index < -0.39 is 0 Å². The molecule has 23 heavy (non-hydrogen) atoms. The molecule has 4 N–H and O–H groups in total. The average Bonchev–Trinajstić information content (AvgIpc) is 2.97. The van der Waals surface area contributed by atoms with Gasteiger partial charge in [-0.3, -0.25) is 4.79 Å². The van der Waals surface area contributed by atoms with Gasteiger partial charge in [0, 0.05) is 27.2 Å². The van der Waals surface area contributed by atoms with Crippen molar-refractivity contribution in [2.45, 2.75) is 0 Å². The van der Waals surface area contributed by atoms with Gasteiger partial charge in [0.15, 0.2) is 11.5 Å². The lowest BCUT2D eigenvalue weighted by molar-refractivity contribution is 0.404. The molecule has 0 saturated heterocycles. The number of pyridine rings is 1. The fourth-order valence-electron chi connectivity index (χ4n) is 2.72. The molecule has 0 spiro atoms. The van der Waals surface area contributed by atoms with Crippen molar-refractivity contribution >= 4 is 32.3 Å². The van der Waals surface area contributed by atoms with E-state index in [0.29, 0.717) is 15.8 Å². The quantitative estimate of drug-likeness (QED) is 0.403. The van der Waals surface area contributed by atoms with E-state index in [0.717, 1.165) is 16.3 Å². The van der Waals surface area contributed by atoms with Crippen LogP contribution in [-0.4, -0.2) is 20.3 Å². The Morgan fingerprint density at radius 2 is 1.78 bits per heavy atom. The number of aromatic amines is 1. The number of hydrogen-bond donors (Lipinski definition) is 4. The van der Waals surface area contributed by atoms with E-state index in [1.807, 2.05) is 5.38 Å². The average molecular weight is 325 g/mol. The summed E-state index contributed by atoms with van der Waals surface area (Å²) in [5, 5.41) is 32.2. The number of thiophene rings is 1. The lowest BCUT2D eigenvalue weighted by atomic mass is 10.0. The van der Waals surface area contributed by atoms with Crippen molar-refractivity contribution < 1.29 is 15.3 Å². The third-order valence-corrected chi connectivity index (χ3v) is 4.78. The Morgan fingerprint density at radius 1 is 0.957 bits per heavy atom. The molecule has 2 aromatic heterocycles. The van der Waals surface area contributed by atoms with Gasteiger partial charge in [0.05, 0.1) is 0 Å². The molecule has 5 nitrogen and oxygen atoms in total. The van der Waals surface area contributed by atoms with Gasteiger partial charge in [-0.05, 0) is 35.9 Å². The van der Waals surface area contributed by atoms with E-state index in [1.165, 1.54) is 29.5 Å². The zero-order valence-electron chi connectivity index (χ0n) is 11.7. The van der Waals surface area contributed by atoms with Crippen LogP contribution in [0.25, 0.3) is 32.1 Å². The molecular formula is C17H11NO4S. The summed E-state index contributed by atoms with van der Waals surface area (Å²) in [7, 11) is 0. The molecule has 0 aliphatic carbocycles. The van der Waals surface area contributed by atoms with Gasteiger partial charge >= 0.3 is 0 Å². The van der Waals surface area contributed by atoms with Crippen LogP contribution < -0.4 is 5.56 Å². The molecule has 0 aliphatic heterocycles. The first-order valence-electron chi connectivity index (χ1n) is 6.83. The van der Waals surface area contributed by atoms with Crippen LogP contribution in [-0.2, 0) is 0 Å². The maximum absolute atomic E-state index is 12.2. The SMILES string of the molecule is O=c1[nH]c2ccc(O)cc2c2c(-c3ccc(O)c(O)c3)csc12. The summed E-state index contributed by atoms with van der Waals surface area (Å²) in [6, 6.07) is 9.30. The molecule has 6 heteroatoms. The second-order valence-corrected chi connectivity index (χ2v) is 6.12. The molecule has 0 fully saturated rings. The van der Waals surface area contributed by atoms with Gasteiger partial charge in [-0.1, -0.05) is 6.07 Å². The minimum atomic E-state index is -0.223. The first-order chi connectivity index (χ1) is 11.0. The van der Waals surface area contributed by atoms with Crippen LogP contribution in [0.5, 0.6) is 17.2 Å². The molecule has 0 aliphatic rings. The first kappa shape index (κ1) is 13.7. The first-order valence-corrected chi connectivity index (χ1v) is 7.71. The fourth-order valence-corrected chi connectivity index (χ4v) is 3.71. The highest BCUT2D eigenvalue weighted by molar-refractivity contribution is 7.17. The Hall–Kier alpha value is -2.99. The van der Waals surface area contributed by atoms with E-state index in [9.17, 15) is 20.1 Å². The van der Waals surface area contributed by atoms with Gasteiger partial charge in [0.25, 0.3) is 5.56 Å². The van der Waals surface area contributed by atoms with Gasteiger partial charge < -0.3 is 20.3 Å². The van der Waals surface area contributed by atoms with Crippen molar-refractivity contribution in [3.8, 4) is 28.4 Å². The Morgan fingerprint density at radius 3 is 2.57 bits per heavy atom. The molecule has 0 saturated carbocycles. The second-order valence-electron chi connectivity index (χ2n) is 5.24. The summed E-state index contributed by atoms with van der Waals surface area (Å²) in [6.07, 6.45) is 0. The standard InChI is InChI=1S/C17H11NO4S/c19-9-2-3-12-10(6-9)15-11(7-23-16(15)17(22)18-12)8-1-4-13(20)14(21)5-8/h1-7,19-21H,(H,18,22). The van der Waals surface area contributed by atoms with Crippen molar-refractivity contribution in [3.63, 3.8) is 0 Å². The van der Waals surface area contributed by atoms with Crippen LogP contribution in [0.15, 0.2) is 46.6 Å². The summed E-state index contributed by atoms with van der Waals surface area (Å²) in [6.45, 7) is 0. The number of benzene rings is 2. The predicted octanol–water partition coefficient (Wildman–Crippen LogP) is 3.53. The number of nitrogens with one attached hydrogen (secondary N) is 1. The summed E-state index contributed by atoms with van der Waals surface area (Å²) in [4.78, 5) is 15.0. The van der Waals surface area contributed by atoms with E-state index in [2.05, 4.69) is 4.98 Å². The minimum Gasteiger partial charge on any atom is -0.508 e. The maximum atomic E-state index is 12.2. The van der Waals surface area contributed by atoms with E-state index >= 15 is 0 Å². The Balaban J connectivity index is 2.15. The van der Waals surface area contributed by atoms with Crippen molar-refractivity contribution in [1.82, 2.24) is 4.98 Å². The third kappa shape index (κ3) is 2.03. The van der Waals surface area contributed by atoms with Crippen molar-refractivity contribution in [2.24, 2.45) is 0 Å². The predicted molar refractivity (Wildman–Crippen MR) is 90.4 cm³/mol. The van der Waals surface area contributed by atoms with Gasteiger partial charge in [0.2, 0.25) is 0 Å². The highest BCUT2D eigenvalue weighted by Gasteiger charge is 2.15. The van der Waals surface area contributed by atoms with Gasteiger partial charge in [0.1, 0.15) is 10.4 Å². The number of aromatic hydroxyl groups is 3. The molecule has 0 radical (unpaired) electrons. The van der Waals surface area contributed by atoms with Crippen molar-refractivity contribution in [3.05, 3.63) is 52.1 Å². The molecule has 2 heterocycles. The van der Waals surface area contributed by atoms with E-state index in [-0.39, 0.29) is 22.8 Å². The van der Waals surface area contributed by atoms with Crippen LogP contribution in [0.1, 0.15) is 0 Å². The number of fused-ring (bicyclic) bond motifs is 3. The Labute approximate surface area is 133 Å². The van der Waals surface area contributed by atoms with Gasteiger partial charge in [-0.25, -0.2) is 0 Å². The fraction of sp³-hybridized carbons (Fsp3) is 0. The minimum absolute atomic E-state index is 0.108. The number of phenols is 3. The zero-order valence-corrected chi connectivity index (χ0v) is 12.5. The van der Waals surface area contributed by atoms with Crippen LogP contribution in [0.3, 0.4) is 0 Å². The van der Waals surface area contributed by atoms with Crippen LogP contribution in [0.2, 0.25) is 0 Å². The number of rotatable bonds is 1. The molecule has 0 bridgehead atoms. The molecule has 4 rings (SSSR count). The second kappa shape index (κ2) is 4.76. The Kier molecular flexibility index (Phi) is 2.82. The smallest absolute Gasteiger partial charge is 0.266 e. The van der Waals surface area contributed by atoms with E-state index in [4.69, 9.17) is 0 Å². The molecule has 0 amide bonds. The number of aromatic nitrogens is 1. The number of phenolic OH excluding ortho intramolecular Hbond substituents is 3. The lowest BCUT2D eigenvalue weighted by Crippen LogP contribution is -2.04. The third-order valence-electron chi connectivity index (χ3n) is 3.80. The van der Waals surface area contributed by atoms with Crippen LogP contribution in [0.4, 0.5) is 0 Å². The maximum Gasteiger partial charge on any atom is 0.266 e. The van der Waals surface area contributed by atoms with Gasteiger partial charge in [-0.15, -0.1) is 11.3 Å². The van der Waals surface area contributed by atoms with Gasteiger partial charge in [-0.2, -0.15) is 0 Å². The summed E-state index contributed by atoms with van der Waals surface area (Å²) < 4.78 is 0.547. The molecular weight excluding hydrogens is 314 g/mol. The van der Waals surface area contributed by atoms with Crippen molar-refractivity contribution in [1.29, 1.82) is 0 Å². The lowest BCUT2D eigenvalue weighted by Gasteiger charge is -2.06. The normalized spacial score (nSPS) is 11.3. The van der Waals surface area contributed by atoms with E-state index in [1.54, 1.807) is 18.2 Å². The Bertz CT molecular complexity index is 1130. The summed E-state index contributed by atoms with van der Waals surface area (Å²) in [5.41, 5.74) is 1.88. The topological polar surface area (TPSA) is 93.6 Å². The highest BCUT2D eigenvalue weighted by Crippen LogP contribution is 2.39. The zero-order chi connectivity index (χ0) is 16.1. The summed E-state index contributed by atoms with van der Waals surface area (Å²) in [5.74, 6) is -0.316. The molecule has 2 aromatic carbocycles. The molecule has 0 atom stereocenters. The summed E-state index contributed by atoms with van der Waals surface area (Å²) >= 11 is 1.30. The molecule has 0 unspecified atom stereocenters.